The lowest BCUT2D eigenvalue weighted by molar-refractivity contribution is -0.152. The van der Waals surface area contributed by atoms with Crippen molar-refractivity contribution in [3.05, 3.63) is 47.5 Å². The summed E-state index contributed by atoms with van der Waals surface area (Å²) < 4.78 is 26.3. The second-order valence-electron chi connectivity index (χ2n) is 5.85. The van der Waals surface area contributed by atoms with E-state index >= 15 is 0 Å². The van der Waals surface area contributed by atoms with Gasteiger partial charge in [-0.1, -0.05) is 12.2 Å². The van der Waals surface area contributed by atoms with Gasteiger partial charge in [0.2, 0.25) is 0 Å². The largest absolute Gasteiger partial charge is 0.481 e. The van der Waals surface area contributed by atoms with Gasteiger partial charge in [0.25, 0.3) is 0 Å². The van der Waals surface area contributed by atoms with Crippen LogP contribution in [0.5, 0.6) is 0 Å². The molecule has 1 aromatic carbocycles. The molecule has 1 aromatic rings. The molecule has 2 atom stereocenters. The Kier molecular flexibility index (Phi) is 4.07. The summed E-state index contributed by atoms with van der Waals surface area (Å²) >= 11 is 0. The van der Waals surface area contributed by atoms with Crippen LogP contribution in [0.4, 0.5) is 8.78 Å². The van der Waals surface area contributed by atoms with E-state index in [0.717, 1.165) is 12.1 Å². The Hall–Kier alpha value is -2.57. The number of carbonyl (C=O) groups is 3. The van der Waals surface area contributed by atoms with Crippen LogP contribution in [0.2, 0.25) is 0 Å². The number of Topliss-reactive ketones (excluding diaryl/α,β-unsaturated/α-hetero) is 1. The predicted octanol–water partition coefficient (Wildman–Crippen LogP) is 2.66. The Labute approximate surface area is 130 Å². The molecule has 2 N–H and O–H groups in total. The standard InChI is InChI=1S/C16H14F2O5/c1-15(13(20)21)5-2-6-16(8-15,14(22)23)12(19)9-3-4-10(17)11(18)7-9/h2-5,7H,6,8H2,1H3,(H,20,21)(H,22,23). The van der Waals surface area contributed by atoms with Crippen molar-refractivity contribution in [1.29, 1.82) is 0 Å². The van der Waals surface area contributed by atoms with Gasteiger partial charge in [0.15, 0.2) is 17.4 Å². The number of carboxylic acid groups (broad SMARTS) is 2. The summed E-state index contributed by atoms with van der Waals surface area (Å²) in [6.07, 6.45) is 1.97. The van der Waals surface area contributed by atoms with Gasteiger partial charge in [-0.05, 0) is 38.0 Å². The first-order valence-electron chi connectivity index (χ1n) is 6.77. The second-order valence-corrected chi connectivity index (χ2v) is 5.85. The first-order valence-corrected chi connectivity index (χ1v) is 6.77. The van der Waals surface area contributed by atoms with Gasteiger partial charge in [0.1, 0.15) is 5.41 Å². The Morgan fingerprint density at radius 1 is 1.09 bits per heavy atom. The lowest BCUT2D eigenvalue weighted by Gasteiger charge is -2.37. The molecule has 0 heterocycles. The predicted molar refractivity (Wildman–Crippen MR) is 74.9 cm³/mol. The molecule has 2 unspecified atom stereocenters. The lowest BCUT2D eigenvalue weighted by atomic mass is 9.63. The molecule has 23 heavy (non-hydrogen) atoms. The van der Waals surface area contributed by atoms with E-state index in [0.29, 0.717) is 6.07 Å². The number of carboxylic acids is 2. The highest BCUT2D eigenvalue weighted by atomic mass is 19.2. The number of carbonyl (C=O) groups excluding carboxylic acids is 1. The molecule has 0 bridgehead atoms. The maximum absolute atomic E-state index is 13.3. The minimum Gasteiger partial charge on any atom is -0.481 e. The van der Waals surface area contributed by atoms with Crippen LogP contribution in [0.15, 0.2) is 30.4 Å². The molecule has 0 saturated heterocycles. The Morgan fingerprint density at radius 2 is 1.74 bits per heavy atom. The summed E-state index contributed by atoms with van der Waals surface area (Å²) in [5.41, 5.74) is -3.88. The van der Waals surface area contributed by atoms with Gasteiger partial charge in [0, 0.05) is 5.56 Å². The van der Waals surface area contributed by atoms with E-state index in [1.807, 2.05) is 0 Å². The number of benzene rings is 1. The second kappa shape index (κ2) is 5.57. The molecule has 5 nitrogen and oxygen atoms in total. The van der Waals surface area contributed by atoms with Crippen molar-refractivity contribution in [2.45, 2.75) is 19.8 Å². The third-order valence-corrected chi connectivity index (χ3v) is 4.14. The molecule has 2 rings (SSSR count). The topological polar surface area (TPSA) is 91.7 Å². The van der Waals surface area contributed by atoms with Crippen LogP contribution in [0.1, 0.15) is 30.1 Å². The van der Waals surface area contributed by atoms with Gasteiger partial charge in [-0.25, -0.2) is 8.78 Å². The molecule has 1 aliphatic carbocycles. The zero-order valence-corrected chi connectivity index (χ0v) is 12.2. The number of allylic oxidation sites excluding steroid dienone is 1. The van der Waals surface area contributed by atoms with Gasteiger partial charge < -0.3 is 10.2 Å². The average Bonchev–Trinajstić information content (AvgIpc) is 2.49. The highest BCUT2D eigenvalue weighted by molar-refractivity contribution is 6.12. The van der Waals surface area contributed by atoms with E-state index in [9.17, 15) is 33.4 Å². The summed E-state index contributed by atoms with van der Waals surface area (Å²) in [6.45, 7) is 1.31. The first-order chi connectivity index (χ1) is 10.6. The van der Waals surface area contributed by atoms with Gasteiger partial charge >= 0.3 is 11.9 Å². The normalized spacial score (nSPS) is 26.7. The number of hydrogen-bond donors (Lipinski definition) is 2. The molecule has 0 fully saturated rings. The molecule has 122 valence electrons. The van der Waals surface area contributed by atoms with E-state index in [1.54, 1.807) is 0 Å². The molecule has 0 saturated carbocycles. The molecule has 7 heteroatoms. The molecule has 0 amide bonds. The Bertz CT molecular complexity index is 727. The van der Waals surface area contributed by atoms with Crippen LogP contribution in [0, 0.1) is 22.5 Å². The fourth-order valence-corrected chi connectivity index (χ4v) is 2.77. The van der Waals surface area contributed by atoms with E-state index < -0.39 is 46.6 Å². The maximum Gasteiger partial charge on any atom is 0.317 e. The third-order valence-electron chi connectivity index (χ3n) is 4.14. The molecule has 0 radical (unpaired) electrons. The SMILES string of the molecule is CC1(C(=O)O)C=CCC(C(=O)O)(C(=O)c2ccc(F)c(F)c2)C1. The smallest absolute Gasteiger partial charge is 0.317 e. The van der Waals surface area contributed by atoms with E-state index in [4.69, 9.17) is 0 Å². The monoisotopic (exact) mass is 324 g/mol. The van der Waals surface area contributed by atoms with Crippen molar-refractivity contribution in [2.24, 2.45) is 10.8 Å². The zero-order chi connectivity index (χ0) is 17.4. The van der Waals surface area contributed by atoms with Gasteiger partial charge in [-0.15, -0.1) is 0 Å². The average molecular weight is 324 g/mol. The Morgan fingerprint density at radius 3 is 2.26 bits per heavy atom. The number of rotatable bonds is 4. The number of aliphatic carboxylic acids is 2. The fourth-order valence-electron chi connectivity index (χ4n) is 2.77. The highest BCUT2D eigenvalue weighted by Crippen LogP contribution is 2.45. The molecule has 0 aliphatic heterocycles. The lowest BCUT2D eigenvalue weighted by Crippen LogP contribution is -2.47. The summed E-state index contributed by atoms with van der Waals surface area (Å²) in [6, 6.07) is 2.34. The van der Waals surface area contributed by atoms with Crippen molar-refractivity contribution < 1.29 is 33.4 Å². The van der Waals surface area contributed by atoms with Crippen LogP contribution in [0.3, 0.4) is 0 Å². The van der Waals surface area contributed by atoms with Crippen molar-refractivity contribution in [3.8, 4) is 0 Å². The van der Waals surface area contributed by atoms with Gasteiger partial charge in [-0.3, -0.25) is 14.4 Å². The quantitative estimate of drug-likeness (QED) is 0.505. The van der Waals surface area contributed by atoms with Crippen LogP contribution in [0.25, 0.3) is 0 Å². The van der Waals surface area contributed by atoms with Crippen LogP contribution >= 0.6 is 0 Å². The number of hydrogen-bond acceptors (Lipinski definition) is 3. The van der Waals surface area contributed by atoms with E-state index in [-0.39, 0.29) is 12.0 Å². The minimum atomic E-state index is -2.04. The third kappa shape index (κ3) is 2.74. The van der Waals surface area contributed by atoms with Gasteiger partial charge in [-0.2, -0.15) is 0 Å². The summed E-state index contributed by atoms with van der Waals surface area (Å²) in [4.78, 5) is 35.8. The molecule has 1 aliphatic rings. The van der Waals surface area contributed by atoms with Crippen molar-refractivity contribution >= 4 is 17.7 Å². The highest BCUT2D eigenvalue weighted by Gasteiger charge is 2.53. The molecule has 0 spiro atoms. The zero-order valence-electron chi connectivity index (χ0n) is 12.2. The molecular formula is C16H14F2O5. The summed E-state index contributed by atoms with van der Waals surface area (Å²) in [5.74, 6) is -6.14. The number of halogens is 2. The summed E-state index contributed by atoms with van der Waals surface area (Å²) in [7, 11) is 0. The van der Waals surface area contributed by atoms with Crippen LogP contribution < -0.4 is 0 Å². The van der Waals surface area contributed by atoms with E-state index in [2.05, 4.69) is 0 Å². The Balaban J connectivity index is 2.52. The molecule has 0 aromatic heterocycles. The maximum atomic E-state index is 13.3. The summed E-state index contributed by atoms with van der Waals surface area (Å²) in [5, 5.41) is 18.8. The van der Waals surface area contributed by atoms with E-state index in [1.165, 1.54) is 19.1 Å². The minimum absolute atomic E-state index is 0.219. The fraction of sp³-hybridized carbons (Fsp3) is 0.312. The molecular weight excluding hydrogens is 310 g/mol. The van der Waals surface area contributed by atoms with Crippen LogP contribution in [-0.2, 0) is 9.59 Å². The van der Waals surface area contributed by atoms with Crippen molar-refractivity contribution in [1.82, 2.24) is 0 Å². The first kappa shape index (κ1) is 16.8. The van der Waals surface area contributed by atoms with Crippen molar-refractivity contribution in [2.75, 3.05) is 0 Å². The van der Waals surface area contributed by atoms with Crippen molar-refractivity contribution in [3.63, 3.8) is 0 Å². The van der Waals surface area contributed by atoms with Crippen LogP contribution in [-0.4, -0.2) is 27.9 Å². The van der Waals surface area contributed by atoms with Gasteiger partial charge in [0.05, 0.1) is 5.41 Å². The number of ketones is 1.